The summed E-state index contributed by atoms with van der Waals surface area (Å²) < 4.78 is 5.88. The predicted molar refractivity (Wildman–Crippen MR) is 91.7 cm³/mol. The van der Waals surface area contributed by atoms with Crippen LogP contribution >= 0.6 is 0 Å². The van der Waals surface area contributed by atoms with E-state index in [9.17, 15) is 14.7 Å². The lowest BCUT2D eigenvalue weighted by Crippen LogP contribution is -2.60. The smallest absolute Gasteiger partial charge is 0.164 e. The fourth-order valence-electron chi connectivity index (χ4n) is 7.04. The number of rotatable bonds is 1. The molecule has 4 nitrogen and oxygen atoms in total. The number of aliphatic hydroxyl groups is 1. The first-order valence-corrected chi connectivity index (χ1v) is 9.55. The zero-order valence-electron chi connectivity index (χ0n) is 15.1. The Morgan fingerprint density at radius 1 is 1.28 bits per heavy atom. The summed E-state index contributed by atoms with van der Waals surface area (Å²) in [7, 11) is 0. The number of hydrogen-bond acceptors (Lipinski definition) is 4. The quantitative estimate of drug-likeness (QED) is 0.744. The van der Waals surface area contributed by atoms with Gasteiger partial charge in [0.2, 0.25) is 0 Å². The van der Waals surface area contributed by atoms with Crippen molar-refractivity contribution >= 4 is 11.6 Å². The van der Waals surface area contributed by atoms with Gasteiger partial charge in [-0.3, -0.25) is 9.59 Å². The van der Waals surface area contributed by atoms with Gasteiger partial charge >= 0.3 is 0 Å². The van der Waals surface area contributed by atoms with Crippen molar-refractivity contribution in [2.75, 3.05) is 0 Å². The van der Waals surface area contributed by atoms with Crippen LogP contribution in [0.5, 0.6) is 0 Å². The molecule has 3 fully saturated rings. The van der Waals surface area contributed by atoms with Crippen molar-refractivity contribution in [1.82, 2.24) is 0 Å². The minimum atomic E-state index is -0.768. The summed E-state index contributed by atoms with van der Waals surface area (Å²) in [6.07, 6.45) is 8.61. The molecule has 134 valence electrons. The maximum atomic E-state index is 12.4. The molecule has 4 heteroatoms. The fourth-order valence-corrected chi connectivity index (χ4v) is 7.04. The lowest BCUT2D eigenvalue weighted by molar-refractivity contribution is -0.156. The van der Waals surface area contributed by atoms with Gasteiger partial charge in [-0.2, -0.15) is 0 Å². The Balaban J connectivity index is 1.60. The molecule has 0 spiro atoms. The second kappa shape index (κ2) is 4.52. The molecule has 0 amide bonds. The van der Waals surface area contributed by atoms with Crippen molar-refractivity contribution in [1.29, 1.82) is 0 Å². The SMILES string of the molecule is CC(=O)[C@]12O[C@H]1C[C@H]1[C@@H]3C=CC4=CC(=O)CC[C@]4(C)[C@H]3C[C@@H](O)[C@@]12C. The molecule has 2 saturated carbocycles. The average molecular weight is 342 g/mol. The maximum absolute atomic E-state index is 12.4. The number of ether oxygens (including phenoxy) is 1. The van der Waals surface area contributed by atoms with Crippen molar-refractivity contribution in [3.63, 3.8) is 0 Å². The number of ketones is 2. The fraction of sp³-hybridized carbons (Fsp3) is 0.714. The summed E-state index contributed by atoms with van der Waals surface area (Å²) >= 11 is 0. The molecule has 25 heavy (non-hydrogen) atoms. The van der Waals surface area contributed by atoms with E-state index in [-0.39, 0.29) is 29.0 Å². The molecule has 0 aromatic rings. The first kappa shape index (κ1) is 16.0. The third-order valence-electron chi connectivity index (χ3n) is 8.57. The van der Waals surface area contributed by atoms with Crippen LogP contribution in [0.4, 0.5) is 0 Å². The van der Waals surface area contributed by atoms with E-state index < -0.39 is 17.1 Å². The molecule has 1 aliphatic heterocycles. The second-order valence-corrected chi connectivity index (χ2v) is 9.30. The minimum Gasteiger partial charge on any atom is -0.392 e. The van der Waals surface area contributed by atoms with Crippen LogP contribution in [-0.2, 0) is 14.3 Å². The van der Waals surface area contributed by atoms with E-state index in [1.165, 1.54) is 0 Å². The van der Waals surface area contributed by atoms with E-state index in [1.54, 1.807) is 6.92 Å². The van der Waals surface area contributed by atoms with Crippen LogP contribution in [0.3, 0.4) is 0 Å². The molecule has 0 aromatic carbocycles. The molecular formula is C21H26O4. The number of allylic oxidation sites excluding steroid dienone is 4. The van der Waals surface area contributed by atoms with Gasteiger partial charge in [-0.1, -0.05) is 26.0 Å². The monoisotopic (exact) mass is 342 g/mol. The summed E-state index contributed by atoms with van der Waals surface area (Å²) in [5.41, 5.74) is -0.194. The molecule has 0 aromatic heterocycles. The van der Waals surface area contributed by atoms with Crippen molar-refractivity contribution in [3.05, 3.63) is 23.8 Å². The van der Waals surface area contributed by atoms with Crippen LogP contribution in [0, 0.1) is 28.6 Å². The molecule has 5 rings (SSSR count). The van der Waals surface area contributed by atoms with E-state index in [4.69, 9.17) is 4.74 Å². The molecule has 8 atom stereocenters. The zero-order chi connectivity index (χ0) is 17.8. The molecule has 1 saturated heterocycles. The molecule has 4 aliphatic carbocycles. The van der Waals surface area contributed by atoms with E-state index in [1.807, 2.05) is 6.08 Å². The van der Waals surface area contributed by atoms with Crippen LogP contribution in [0.15, 0.2) is 23.8 Å². The average Bonchev–Trinajstić information content (AvgIpc) is 3.23. The molecule has 1 heterocycles. The Hall–Kier alpha value is -1.26. The number of epoxide rings is 1. The van der Waals surface area contributed by atoms with Crippen LogP contribution in [-0.4, -0.2) is 34.5 Å². The standard InChI is InChI=1S/C21H26O4/c1-11(22)21-18(25-21)10-16-14-5-4-12-8-13(23)6-7-19(12,2)15(14)9-17(24)20(16,21)3/h4-5,8,14-18,24H,6-7,9-10H2,1-3H3/t14-,15+,16+,17-,18+,19+,20-,21+/m1/s1. The van der Waals surface area contributed by atoms with E-state index in [0.29, 0.717) is 24.7 Å². The second-order valence-electron chi connectivity index (χ2n) is 9.30. The first-order chi connectivity index (χ1) is 11.7. The van der Waals surface area contributed by atoms with Crippen LogP contribution in [0.2, 0.25) is 0 Å². The largest absolute Gasteiger partial charge is 0.392 e. The van der Waals surface area contributed by atoms with Gasteiger partial charge in [-0.05, 0) is 61.0 Å². The van der Waals surface area contributed by atoms with Crippen LogP contribution < -0.4 is 0 Å². The number of Topliss-reactive ketones (excluding diaryl/α,β-unsaturated/α-hetero) is 1. The molecule has 1 N–H and O–H groups in total. The highest BCUT2D eigenvalue weighted by molar-refractivity contribution is 5.92. The summed E-state index contributed by atoms with van der Waals surface area (Å²) in [6.45, 7) is 5.94. The Kier molecular flexibility index (Phi) is 2.89. The Bertz CT molecular complexity index is 751. The van der Waals surface area contributed by atoms with Gasteiger partial charge in [-0.25, -0.2) is 0 Å². The van der Waals surface area contributed by atoms with Gasteiger partial charge in [0.25, 0.3) is 0 Å². The normalized spacial score (nSPS) is 55.6. The lowest BCUT2D eigenvalue weighted by atomic mass is 9.47. The van der Waals surface area contributed by atoms with Crippen molar-refractivity contribution in [2.45, 2.75) is 64.3 Å². The summed E-state index contributed by atoms with van der Waals surface area (Å²) in [6, 6.07) is 0. The Morgan fingerprint density at radius 3 is 2.76 bits per heavy atom. The van der Waals surface area contributed by atoms with E-state index >= 15 is 0 Å². The zero-order valence-corrected chi connectivity index (χ0v) is 15.1. The minimum absolute atomic E-state index is 0.0283. The molecule has 0 radical (unpaired) electrons. The molecular weight excluding hydrogens is 316 g/mol. The number of aliphatic hydroxyl groups excluding tert-OH is 1. The number of hydrogen-bond donors (Lipinski definition) is 1. The number of carbonyl (C=O) groups excluding carboxylic acids is 2. The predicted octanol–water partition coefficient (Wildman–Crippen LogP) is 2.60. The topological polar surface area (TPSA) is 66.9 Å². The van der Waals surface area contributed by atoms with Crippen LogP contribution in [0.1, 0.15) is 46.5 Å². The summed E-state index contributed by atoms with van der Waals surface area (Å²) in [4.78, 5) is 24.3. The third-order valence-corrected chi connectivity index (χ3v) is 8.57. The summed E-state index contributed by atoms with van der Waals surface area (Å²) in [5, 5.41) is 11.2. The highest BCUT2D eigenvalue weighted by atomic mass is 16.6. The van der Waals surface area contributed by atoms with E-state index in [2.05, 4.69) is 26.0 Å². The molecule has 5 aliphatic rings. The van der Waals surface area contributed by atoms with Crippen molar-refractivity contribution in [2.24, 2.45) is 28.6 Å². The van der Waals surface area contributed by atoms with Gasteiger partial charge < -0.3 is 9.84 Å². The maximum Gasteiger partial charge on any atom is 0.164 e. The van der Waals surface area contributed by atoms with Gasteiger partial charge in [-0.15, -0.1) is 0 Å². The highest BCUT2D eigenvalue weighted by Crippen LogP contribution is 2.72. The third kappa shape index (κ3) is 1.62. The van der Waals surface area contributed by atoms with Crippen molar-refractivity contribution in [3.8, 4) is 0 Å². The number of fused-ring (bicyclic) bond motifs is 7. The molecule has 0 bridgehead atoms. The summed E-state index contributed by atoms with van der Waals surface area (Å²) in [5.74, 6) is 1.21. The lowest BCUT2D eigenvalue weighted by Gasteiger charge is -2.58. The Morgan fingerprint density at radius 2 is 2.04 bits per heavy atom. The van der Waals surface area contributed by atoms with E-state index in [0.717, 1.165) is 18.4 Å². The highest BCUT2D eigenvalue weighted by Gasteiger charge is 2.81. The van der Waals surface area contributed by atoms with Gasteiger partial charge in [0.05, 0.1) is 12.2 Å². The number of carbonyl (C=O) groups is 2. The van der Waals surface area contributed by atoms with Gasteiger partial charge in [0.1, 0.15) is 0 Å². The van der Waals surface area contributed by atoms with Gasteiger partial charge in [0.15, 0.2) is 17.2 Å². The van der Waals surface area contributed by atoms with Crippen molar-refractivity contribution < 1.29 is 19.4 Å². The van der Waals surface area contributed by atoms with Gasteiger partial charge in [0, 0.05) is 11.8 Å². The molecule has 0 unspecified atom stereocenters. The van der Waals surface area contributed by atoms with Crippen LogP contribution in [0.25, 0.3) is 0 Å². The first-order valence-electron chi connectivity index (χ1n) is 9.55. The Labute approximate surface area is 148 Å².